The second-order valence-electron chi connectivity index (χ2n) is 7.58. The molecule has 2 aliphatic rings. The van der Waals surface area contributed by atoms with Crippen LogP contribution in [0.1, 0.15) is 25.3 Å². The predicted octanol–water partition coefficient (Wildman–Crippen LogP) is 3.67. The zero-order chi connectivity index (χ0) is 19.0. The molecule has 1 aromatic carbocycles. The molecule has 0 saturated carbocycles. The third-order valence-corrected chi connectivity index (χ3v) is 5.96. The van der Waals surface area contributed by atoms with E-state index in [-0.39, 0.29) is 36.5 Å². The van der Waals surface area contributed by atoms with Crippen LogP contribution in [0.2, 0.25) is 0 Å². The summed E-state index contributed by atoms with van der Waals surface area (Å²) >= 11 is 0. The van der Waals surface area contributed by atoms with E-state index < -0.39 is 0 Å². The minimum atomic E-state index is 0. The smallest absolute Gasteiger partial charge is 0.181 e. The minimum Gasteiger partial charge on any atom is -0.497 e. The number of nitrogens with one attached hydrogen (secondary N) is 1. The zero-order valence-electron chi connectivity index (χ0n) is 16.9. The van der Waals surface area contributed by atoms with Gasteiger partial charge in [-0.25, -0.2) is 9.97 Å². The van der Waals surface area contributed by atoms with Crippen molar-refractivity contribution in [2.24, 2.45) is 0 Å². The molecule has 30 heavy (non-hydrogen) atoms. The lowest BCUT2D eigenvalue weighted by Crippen LogP contribution is -2.41. The molecule has 0 bridgehead atoms. The number of hydrogen-bond donors (Lipinski definition) is 1. The maximum Gasteiger partial charge on any atom is 0.181 e. The van der Waals surface area contributed by atoms with Crippen LogP contribution in [0, 0.1) is 0 Å². The average Bonchev–Trinajstić information content (AvgIpc) is 3.48. The molecule has 2 aromatic heterocycles. The highest BCUT2D eigenvalue weighted by Crippen LogP contribution is 2.40. The summed E-state index contributed by atoms with van der Waals surface area (Å²) < 4.78 is 15.9. The number of imidazole rings is 2. The van der Waals surface area contributed by atoms with Crippen LogP contribution in [0.3, 0.4) is 0 Å². The summed E-state index contributed by atoms with van der Waals surface area (Å²) in [5, 5.41) is 3.43. The van der Waals surface area contributed by atoms with Gasteiger partial charge in [-0.3, -0.25) is 4.57 Å². The second-order valence-corrected chi connectivity index (χ2v) is 7.58. The molecular weight excluding hydrogens is 425 g/mol. The third-order valence-electron chi connectivity index (χ3n) is 5.96. The highest BCUT2D eigenvalue weighted by Gasteiger charge is 2.42. The molecular formula is C21H27Cl2N5O2. The van der Waals surface area contributed by atoms with E-state index >= 15 is 0 Å². The molecule has 1 unspecified atom stereocenters. The summed E-state index contributed by atoms with van der Waals surface area (Å²) in [7, 11) is 1.67. The molecule has 162 valence electrons. The second kappa shape index (κ2) is 9.39. The Hall–Kier alpha value is -2.06. The zero-order valence-corrected chi connectivity index (χ0v) is 18.5. The molecule has 1 N–H and O–H groups in total. The molecule has 1 spiro atoms. The van der Waals surface area contributed by atoms with E-state index in [1.165, 1.54) is 0 Å². The standard InChI is InChI=1S/C21H25N5O2.2ClH/c1-27-18-4-2-16(3-5-18)25-12-10-23-19(25)20-24-11-13-26(20)17-14-21(28-15-17)6-8-22-9-7-21;;/h2-5,10-13,17,22H,6-9,14-15H2,1H3;2*1H. The Balaban J connectivity index is 0.00000128. The molecule has 2 saturated heterocycles. The van der Waals surface area contributed by atoms with Crippen molar-refractivity contribution in [2.45, 2.75) is 30.9 Å². The van der Waals surface area contributed by atoms with Gasteiger partial charge in [0.25, 0.3) is 0 Å². The summed E-state index contributed by atoms with van der Waals surface area (Å²) in [6, 6.07) is 8.26. The van der Waals surface area contributed by atoms with Gasteiger partial charge in [0.2, 0.25) is 0 Å². The lowest BCUT2D eigenvalue weighted by Gasteiger charge is -2.32. The monoisotopic (exact) mass is 451 g/mol. The topological polar surface area (TPSA) is 66.1 Å². The number of ether oxygens (including phenoxy) is 2. The van der Waals surface area contributed by atoms with Gasteiger partial charge in [0.15, 0.2) is 11.6 Å². The fourth-order valence-corrected chi connectivity index (χ4v) is 4.43. The lowest BCUT2D eigenvalue weighted by molar-refractivity contribution is -0.0196. The van der Waals surface area contributed by atoms with Gasteiger partial charge in [0.05, 0.1) is 25.4 Å². The predicted molar refractivity (Wildman–Crippen MR) is 120 cm³/mol. The first-order valence-corrected chi connectivity index (χ1v) is 9.84. The van der Waals surface area contributed by atoms with E-state index in [9.17, 15) is 0 Å². The van der Waals surface area contributed by atoms with Crippen molar-refractivity contribution in [2.75, 3.05) is 26.8 Å². The molecule has 5 rings (SSSR count). The maximum atomic E-state index is 6.30. The van der Waals surface area contributed by atoms with Crippen LogP contribution in [-0.2, 0) is 4.74 Å². The van der Waals surface area contributed by atoms with Crippen LogP contribution in [0.4, 0.5) is 0 Å². The largest absolute Gasteiger partial charge is 0.497 e. The summed E-state index contributed by atoms with van der Waals surface area (Å²) in [5.41, 5.74) is 1.04. The number of nitrogens with zero attached hydrogens (tertiary/aromatic N) is 4. The van der Waals surface area contributed by atoms with Crippen molar-refractivity contribution in [1.82, 2.24) is 24.4 Å². The summed E-state index contributed by atoms with van der Waals surface area (Å²) in [6.07, 6.45) is 10.9. The average molecular weight is 452 g/mol. The fraction of sp³-hybridized carbons (Fsp3) is 0.429. The molecule has 4 heterocycles. The molecule has 0 radical (unpaired) electrons. The van der Waals surface area contributed by atoms with Gasteiger partial charge >= 0.3 is 0 Å². The van der Waals surface area contributed by atoms with E-state index in [2.05, 4.69) is 30.6 Å². The first kappa shape index (κ1) is 22.6. The maximum absolute atomic E-state index is 6.30. The Labute approximate surface area is 188 Å². The van der Waals surface area contributed by atoms with E-state index in [1.807, 2.05) is 42.9 Å². The van der Waals surface area contributed by atoms with E-state index in [0.717, 1.165) is 62.0 Å². The first-order chi connectivity index (χ1) is 13.8. The van der Waals surface area contributed by atoms with Gasteiger partial charge in [0, 0.05) is 30.5 Å². The molecule has 2 fully saturated rings. The first-order valence-electron chi connectivity index (χ1n) is 9.84. The van der Waals surface area contributed by atoms with Gasteiger partial charge in [-0.2, -0.15) is 0 Å². The molecule has 7 nitrogen and oxygen atoms in total. The fourth-order valence-electron chi connectivity index (χ4n) is 4.43. The van der Waals surface area contributed by atoms with E-state index in [4.69, 9.17) is 9.47 Å². The summed E-state index contributed by atoms with van der Waals surface area (Å²) in [4.78, 5) is 9.25. The van der Waals surface area contributed by atoms with E-state index in [0.29, 0.717) is 0 Å². The Morgan fingerprint density at radius 1 is 1.03 bits per heavy atom. The van der Waals surface area contributed by atoms with Crippen molar-refractivity contribution < 1.29 is 9.47 Å². The lowest BCUT2D eigenvalue weighted by atomic mass is 9.88. The highest BCUT2D eigenvalue weighted by molar-refractivity contribution is 5.85. The number of rotatable bonds is 4. The Bertz CT molecular complexity index is 950. The van der Waals surface area contributed by atoms with Gasteiger partial charge in [0.1, 0.15) is 5.75 Å². The summed E-state index contributed by atoms with van der Waals surface area (Å²) in [5.74, 6) is 2.55. The quantitative estimate of drug-likeness (QED) is 0.655. The van der Waals surface area contributed by atoms with Crippen molar-refractivity contribution in [3.8, 4) is 23.1 Å². The van der Waals surface area contributed by atoms with Crippen molar-refractivity contribution in [1.29, 1.82) is 0 Å². The SMILES string of the molecule is COc1ccc(-n2ccnc2-c2nccn2C2COC3(CCNCC3)C2)cc1.Cl.Cl. The van der Waals surface area contributed by atoms with Gasteiger partial charge in [-0.05, 0) is 56.6 Å². The molecule has 0 amide bonds. The third kappa shape index (κ3) is 4.07. The van der Waals surface area contributed by atoms with Crippen LogP contribution >= 0.6 is 24.8 Å². The minimum absolute atomic E-state index is 0. The Morgan fingerprint density at radius 2 is 1.73 bits per heavy atom. The molecule has 3 aromatic rings. The molecule has 2 aliphatic heterocycles. The number of halogens is 2. The number of benzene rings is 1. The van der Waals surface area contributed by atoms with Crippen LogP contribution in [0.5, 0.6) is 5.75 Å². The van der Waals surface area contributed by atoms with Gasteiger partial charge in [-0.15, -0.1) is 24.8 Å². The normalized spacial score (nSPS) is 19.8. The number of piperidine rings is 1. The van der Waals surface area contributed by atoms with Crippen LogP contribution in [0.15, 0.2) is 49.1 Å². The summed E-state index contributed by atoms with van der Waals surface area (Å²) in [6.45, 7) is 2.80. The highest BCUT2D eigenvalue weighted by atomic mass is 35.5. The van der Waals surface area contributed by atoms with E-state index in [1.54, 1.807) is 7.11 Å². The Morgan fingerprint density at radius 3 is 2.47 bits per heavy atom. The number of hydrogen-bond acceptors (Lipinski definition) is 5. The Kier molecular flexibility index (Phi) is 7.08. The van der Waals surface area contributed by atoms with Gasteiger partial charge < -0.3 is 19.4 Å². The van der Waals surface area contributed by atoms with Crippen molar-refractivity contribution in [3.05, 3.63) is 49.1 Å². The van der Waals surface area contributed by atoms with Crippen molar-refractivity contribution in [3.63, 3.8) is 0 Å². The molecule has 0 aliphatic carbocycles. The molecule has 9 heteroatoms. The van der Waals surface area contributed by atoms with Gasteiger partial charge in [-0.1, -0.05) is 0 Å². The number of methoxy groups -OCH3 is 1. The van der Waals surface area contributed by atoms with Crippen LogP contribution in [-0.4, -0.2) is 51.5 Å². The van der Waals surface area contributed by atoms with Crippen LogP contribution < -0.4 is 10.1 Å². The number of aromatic nitrogens is 4. The van der Waals surface area contributed by atoms with Crippen molar-refractivity contribution >= 4 is 24.8 Å². The molecule has 1 atom stereocenters. The van der Waals surface area contributed by atoms with Crippen LogP contribution in [0.25, 0.3) is 17.3 Å².